The zero-order valence-electron chi connectivity index (χ0n) is 19.1. The summed E-state index contributed by atoms with van der Waals surface area (Å²) in [7, 11) is 1.21. The Balaban J connectivity index is 1.52. The maximum absolute atomic E-state index is 13.4. The molecule has 0 aromatic heterocycles. The highest BCUT2D eigenvalue weighted by Crippen LogP contribution is 2.28. The Hall–Kier alpha value is -4.05. The van der Waals surface area contributed by atoms with Gasteiger partial charge in [0.05, 0.1) is 31.8 Å². The minimum Gasteiger partial charge on any atom is -0.466 e. The summed E-state index contributed by atoms with van der Waals surface area (Å²) in [6.45, 7) is 0.143. The summed E-state index contributed by atoms with van der Waals surface area (Å²) in [6, 6.07) is 13.5. The normalized spacial score (nSPS) is 18.9. The zero-order valence-corrected chi connectivity index (χ0v) is 19.1. The summed E-state index contributed by atoms with van der Waals surface area (Å²) < 4.78 is 18.3. The van der Waals surface area contributed by atoms with Crippen molar-refractivity contribution in [3.8, 4) is 0 Å². The summed E-state index contributed by atoms with van der Waals surface area (Å²) in [5.41, 5.74) is 1.84. The van der Waals surface area contributed by atoms with Crippen molar-refractivity contribution >= 4 is 23.8 Å². The highest BCUT2D eigenvalue weighted by atomic mass is 19.1. The van der Waals surface area contributed by atoms with Crippen LogP contribution in [-0.4, -0.2) is 66.9 Å². The van der Waals surface area contributed by atoms with E-state index in [1.807, 2.05) is 30.3 Å². The number of benzene rings is 2. The molecule has 2 aromatic carbocycles. The van der Waals surface area contributed by atoms with Gasteiger partial charge in [0.2, 0.25) is 11.8 Å². The molecule has 2 aliphatic rings. The third-order valence-corrected chi connectivity index (χ3v) is 5.93. The largest absolute Gasteiger partial charge is 0.466 e. The van der Waals surface area contributed by atoms with Crippen molar-refractivity contribution < 1.29 is 28.3 Å². The lowest BCUT2D eigenvalue weighted by Crippen LogP contribution is -2.56. The average Bonchev–Trinajstić information content (AvgIpc) is 2.84. The second kappa shape index (κ2) is 10.5. The van der Waals surface area contributed by atoms with E-state index >= 15 is 0 Å². The van der Waals surface area contributed by atoms with Gasteiger partial charge in [0, 0.05) is 18.8 Å². The van der Waals surface area contributed by atoms with Crippen molar-refractivity contribution in [2.75, 3.05) is 33.3 Å². The summed E-state index contributed by atoms with van der Waals surface area (Å²) >= 11 is 0. The molecule has 0 unspecified atom stereocenters. The van der Waals surface area contributed by atoms with Crippen LogP contribution in [0.25, 0.3) is 0 Å². The van der Waals surface area contributed by atoms with E-state index < -0.39 is 23.9 Å². The molecule has 4 amide bonds. The number of hydrogen-bond donors (Lipinski definition) is 2. The van der Waals surface area contributed by atoms with E-state index in [1.54, 1.807) is 4.90 Å². The number of carbonyl (C=O) groups excluding carboxylic acids is 4. The van der Waals surface area contributed by atoms with Gasteiger partial charge in [0.25, 0.3) is 0 Å². The first-order valence-corrected chi connectivity index (χ1v) is 11.1. The van der Waals surface area contributed by atoms with Gasteiger partial charge in [-0.2, -0.15) is 0 Å². The number of esters is 1. The van der Waals surface area contributed by atoms with E-state index in [0.29, 0.717) is 12.0 Å². The van der Waals surface area contributed by atoms with E-state index in [0.717, 1.165) is 5.56 Å². The van der Waals surface area contributed by atoms with E-state index in [9.17, 15) is 23.6 Å². The topological polar surface area (TPSA) is 108 Å². The van der Waals surface area contributed by atoms with Gasteiger partial charge in [-0.05, 0) is 29.7 Å². The molecule has 0 bridgehead atoms. The van der Waals surface area contributed by atoms with E-state index in [1.165, 1.54) is 36.3 Å². The van der Waals surface area contributed by atoms with Crippen LogP contribution in [0.3, 0.4) is 0 Å². The molecule has 2 heterocycles. The number of nitrogens with one attached hydrogen (secondary N) is 2. The smallest absolute Gasteiger partial charge is 0.338 e. The molecule has 1 saturated heterocycles. The highest BCUT2D eigenvalue weighted by molar-refractivity contribution is 5.99. The number of methoxy groups -OCH3 is 1. The number of ether oxygens (including phenoxy) is 1. The molecule has 2 N–H and O–H groups in total. The maximum atomic E-state index is 13.4. The van der Waals surface area contributed by atoms with Gasteiger partial charge in [0.15, 0.2) is 0 Å². The monoisotopic (exact) mass is 480 g/mol. The van der Waals surface area contributed by atoms with Crippen molar-refractivity contribution in [2.45, 2.75) is 12.5 Å². The molecule has 9 nitrogen and oxygen atoms in total. The number of hydrogen-bond acceptors (Lipinski definition) is 6. The van der Waals surface area contributed by atoms with Crippen molar-refractivity contribution in [2.24, 2.45) is 0 Å². The lowest BCUT2D eigenvalue weighted by atomic mass is 9.95. The van der Waals surface area contributed by atoms with Gasteiger partial charge in [-0.3, -0.25) is 19.4 Å². The van der Waals surface area contributed by atoms with Crippen molar-refractivity contribution in [1.82, 2.24) is 20.4 Å². The number of piperazine rings is 1. The van der Waals surface area contributed by atoms with E-state index in [4.69, 9.17) is 4.74 Å². The third kappa shape index (κ3) is 5.55. The molecule has 2 aliphatic heterocycles. The number of rotatable bonds is 7. The molecular formula is C25H25FN4O5. The Bertz CT molecular complexity index is 1150. The quantitative estimate of drug-likeness (QED) is 0.460. The Morgan fingerprint density at radius 2 is 1.69 bits per heavy atom. The van der Waals surface area contributed by atoms with Gasteiger partial charge in [-0.15, -0.1) is 0 Å². The van der Waals surface area contributed by atoms with E-state index in [-0.39, 0.29) is 49.3 Å². The van der Waals surface area contributed by atoms with Crippen LogP contribution >= 0.6 is 0 Å². The fraction of sp³-hybridized carbons (Fsp3) is 0.280. The molecule has 4 rings (SSSR count). The first kappa shape index (κ1) is 24.1. The first-order chi connectivity index (χ1) is 16.9. The Morgan fingerprint density at radius 1 is 1.03 bits per heavy atom. The minimum atomic E-state index is -0.884. The fourth-order valence-corrected chi connectivity index (χ4v) is 4.22. The van der Waals surface area contributed by atoms with Crippen LogP contribution in [0.2, 0.25) is 0 Å². The van der Waals surface area contributed by atoms with Crippen LogP contribution < -0.4 is 10.6 Å². The van der Waals surface area contributed by atoms with Crippen molar-refractivity contribution in [3.63, 3.8) is 0 Å². The number of imide groups is 1. The van der Waals surface area contributed by atoms with Crippen LogP contribution in [0.5, 0.6) is 0 Å². The van der Waals surface area contributed by atoms with Crippen LogP contribution in [0.15, 0.2) is 65.9 Å². The molecule has 0 spiro atoms. The summed E-state index contributed by atoms with van der Waals surface area (Å²) in [6.07, 6.45) is 0.553. The third-order valence-electron chi connectivity index (χ3n) is 5.93. The standard InChI is InChI=1S/C25H25FN4O5/c1-35-24(33)22-19(27-25(34)28-23(22)17-7-9-18(26)10-8-17)13-29-14-20(31)30(21(32)15-29)12-11-16-5-3-2-4-6-16/h2-10,23H,11-15H2,1H3,(H2,27,28,34)/t23-/m0/s1. The lowest BCUT2D eigenvalue weighted by molar-refractivity contribution is -0.151. The summed E-state index contributed by atoms with van der Waals surface area (Å²) in [4.78, 5) is 53.4. The molecule has 1 atom stereocenters. The SMILES string of the molecule is COC(=O)C1=C(CN2CC(=O)N(CCc3ccccc3)C(=O)C2)NC(=O)N[C@H]1c1ccc(F)cc1. The Labute approximate surface area is 201 Å². The molecule has 182 valence electrons. The predicted octanol–water partition coefficient (Wildman–Crippen LogP) is 1.52. The van der Waals surface area contributed by atoms with Crippen molar-refractivity contribution in [1.29, 1.82) is 0 Å². The number of nitrogens with zero attached hydrogens (tertiary/aromatic N) is 2. The second-order valence-corrected chi connectivity index (χ2v) is 8.29. The molecule has 10 heteroatoms. The number of halogens is 1. The van der Waals surface area contributed by atoms with Gasteiger partial charge >= 0.3 is 12.0 Å². The number of amides is 4. The molecule has 0 saturated carbocycles. The Kier molecular flexibility index (Phi) is 7.21. The summed E-state index contributed by atoms with van der Waals surface area (Å²) in [5.74, 6) is -1.86. The fourth-order valence-electron chi connectivity index (χ4n) is 4.22. The van der Waals surface area contributed by atoms with Gasteiger partial charge < -0.3 is 15.4 Å². The highest BCUT2D eigenvalue weighted by Gasteiger charge is 2.36. The van der Waals surface area contributed by atoms with Crippen LogP contribution in [0.1, 0.15) is 17.2 Å². The molecule has 0 radical (unpaired) electrons. The van der Waals surface area contributed by atoms with Crippen LogP contribution in [-0.2, 0) is 25.5 Å². The average molecular weight is 480 g/mol. The number of carbonyl (C=O) groups is 4. The Morgan fingerprint density at radius 3 is 2.31 bits per heavy atom. The molecule has 2 aromatic rings. The van der Waals surface area contributed by atoms with Crippen molar-refractivity contribution in [3.05, 3.63) is 82.8 Å². The molecule has 1 fully saturated rings. The zero-order chi connectivity index (χ0) is 24.9. The maximum Gasteiger partial charge on any atom is 0.338 e. The molecule has 35 heavy (non-hydrogen) atoms. The summed E-state index contributed by atoms with van der Waals surface area (Å²) in [5, 5.41) is 5.25. The first-order valence-electron chi connectivity index (χ1n) is 11.1. The van der Waals surface area contributed by atoms with Gasteiger partial charge in [0.1, 0.15) is 5.82 Å². The van der Waals surface area contributed by atoms with E-state index in [2.05, 4.69) is 10.6 Å². The molecular weight excluding hydrogens is 455 g/mol. The lowest BCUT2D eigenvalue weighted by Gasteiger charge is -2.35. The van der Waals surface area contributed by atoms with Crippen LogP contribution in [0.4, 0.5) is 9.18 Å². The minimum absolute atomic E-state index is 0.0282. The van der Waals surface area contributed by atoms with Crippen LogP contribution in [0, 0.1) is 5.82 Å². The molecule has 0 aliphatic carbocycles. The predicted molar refractivity (Wildman–Crippen MR) is 123 cm³/mol. The van der Waals surface area contributed by atoms with Gasteiger partial charge in [-0.1, -0.05) is 42.5 Å². The number of urea groups is 1. The van der Waals surface area contributed by atoms with Gasteiger partial charge in [-0.25, -0.2) is 14.0 Å². The second-order valence-electron chi connectivity index (χ2n) is 8.29.